The highest BCUT2D eigenvalue weighted by Crippen LogP contribution is 2.32. The second kappa shape index (κ2) is 3.51. The van der Waals surface area contributed by atoms with Crippen LogP contribution in [0.1, 0.15) is 0 Å². The molecular formula is C11H9N3O3. The monoisotopic (exact) mass is 231 g/mol. The van der Waals surface area contributed by atoms with Gasteiger partial charge in [-0.1, -0.05) is 17.2 Å². The molecule has 0 aliphatic carbocycles. The first-order chi connectivity index (χ1) is 8.28. The second-order valence-corrected chi connectivity index (χ2v) is 3.43. The highest BCUT2D eigenvalue weighted by atomic mass is 16.5. The lowest BCUT2D eigenvalue weighted by Gasteiger charge is -1.98. The quantitative estimate of drug-likeness (QED) is 0.726. The van der Waals surface area contributed by atoms with Gasteiger partial charge >= 0.3 is 6.01 Å². The molecule has 1 aromatic carbocycles. The third-order valence-corrected chi connectivity index (χ3v) is 2.38. The SMILES string of the molecule is COc1cccc2cc(-c3nnc(N)o3)oc12. The Labute approximate surface area is 96.0 Å². The zero-order chi connectivity index (χ0) is 11.8. The first kappa shape index (κ1) is 9.71. The molecule has 0 radical (unpaired) electrons. The normalized spacial score (nSPS) is 10.9. The molecular weight excluding hydrogens is 222 g/mol. The van der Waals surface area contributed by atoms with Crippen LogP contribution >= 0.6 is 0 Å². The lowest BCUT2D eigenvalue weighted by molar-refractivity contribution is 0.410. The molecule has 0 saturated carbocycles. The van der Waals surface area contributed by atoms with Gasteiger partial charge in [0.1, 0.15) is 0 Å². The van der Waals surface area contributed by atoms with Crippen molar-refractivity contribution in [3.05, 3.63) is 24.3 Å². The molecule has 0 unspecified atom stereocenters. The van der Waals surface area contributed by atoms with Crippen LogP contribution in [-0.2, 0) is 0 Å². The van der Waals surface area contributed by atoms with Gasteiger partial charge in [0, 0.05) is 5.39 Å². The Bertz CT molecular complexity index is 671. The summed E-state index contributed by atoms with van der Waals surface area (Å²) in [4.78, 5) is 0. The topological polar surface area (TPSA) is 87.3 Å². The molecule has 17 heavy (non-hydrogen) atoms. The summed E-state index contributed by atoms with van der Waals surface area (Å²) in [5.74, 6) is 1.37. The van der Waals surface area contributed by atoms with Crippen molar-refractivity contribution in [1.82, 2.24) is 10.2 Å². The van der Waals surface area contributed by atoms with E-state index in [0.29, 0.717) is 17.1 Å². The molecule has 3 aromatic rings. The Morgan fingerprint density at radius 3 is 2.82 bits per heavy atom. The maximum atomic E-state index is 5.61. The average Bonchev–Trinajstić information content (AvgIpc) is 2.93. The van der Waals surface area contributed by atoms with E-state index in [1.54, 1.807) is 13.2 Å². The minimum absolute atomic E-state index is 0.00687. The number of fused-ring (bicyclic) bond motifs is 1. The van der Waals surface area contributed by atoms with Crippen LogP contribution in [0, 0.1) is 0 Å². The van der Waals surface area contributed by atoms with Gasteiger partial charge in [0.25, 0.3) is 5.89 Å². The number of para-hydroxylation sites is 1. The van der Waals surface area contributed by atoms with Gasteiger partial charge in [-0.05, 0) is 12.1 Å². The third kappa shape index (κ3) is 1.50. The van der Waals surface area contributed by atoms with Crippen LogP contribution in [0.3, 0.4) is 0 Å². The van der Waals surface area contributed by atoms with Crippen molar-refractivity contribution in [3.63, 3.8) is 0 Å². The van der Waals surface area contributed by atoms with Crippen molar-refractivity contribution in [2.24, 2.45) is 0 Å². The van der Waals surface area contributed by atoms with E-state index < -0.39 is 0 Å². The minimum Gasteiger partial charge on any atom is -0.493 e. The van der Waals surface area contributed by atoms with Crippen LogP contribution in [0.5, 0.6) is 5.75 Å². The van der Waals surface area contributed by atoms with E-state index in [9.17, 15) is 0 Å². The lowest BCUT2D eigenvalue weighted by atomic mass is 10.2. The summed E-state index contributed by atoms with van der Waals surface area (Å²) in [6, 6.07) is 7.41. The molecule has 0 atom stereocenters. The summed E-state index contributed by atoms with van der Waals surface area (Å²) in [7, 11) is 1.58. The molecule has 86 valence electrons. The van der Waals surface area contributed by atoms with Gasteiger partial charge in [-0.2, -0.15) is 0 Å². The number of nitrogens with two attached hydrogens (primary N) is 1. The molecule has 2 N–H and O–H groups in total. The van der Waals surface area contributed by atoms with Crippen LogP contribution in [-0.4, -0.2) is 17.3 Å². The van der Waals surface area contributed by atoms with Gasteiger partial charge in [0.05, 0.1) is 7.11 Å². The molecule has 3 rings (SSSR count). The predicted octanol–water partition coefficient (Wildman–Crippen LogP) is 2.07. The minimum atomic E-state index is 0.00687. The van der Waals surface area contributed by atoms with Gasteiger partial charge in [0.2, 0.25) is 0 Å². The number of hydrogen-bond donors (Lipinski definition) is 1. The van der Waals surface area contributed by atoms with Gasteiger partial charge in [0.15, 0.2) is 17.1 Å². The maximum Gasteiger partial charge on any atom is 0.313 e. The highest BCUT2D eigenvalue weighted by Gasteiger charge is 2.14. The molecule has 0 aliphatic rings. The van der Waals surface area contributed by atoms with Gasteiger partial charge < -0.3 is 19.3 Å². The summed E-state index contributed by atoms with van der Waals surface area (Å²) >= 11 is 0. The molecule has 0 fully saturated rings. The Morgan fingerprint density at radius 1 is 1.24 bits per heavy atom. The smallest absolute Gasteiger partial charge is 0.313 e. The Hall–Kier alpha value is -2.50. The summed E-state index contributed by atoms with van der Waals surface area (Å²) < 4.78 is 15.9. The molecule has 0 bridgehead atoms. The van der Waals surface area contributed by atoms with Gasteiger partial charge in [-0.15, -0.1) is 5.10 Å². The third-order valence-electron chi connectivity index (χ3n) is 2.38. The number of anilines is 1. The number of hydrogen-bond acceptors (Lipinski definition) is 6. The van der Waals surface area contributed by atoms with Crippen LogP contribution in [0.2, 0.25) is 0 Å². The first-order valence-electron chi connectivity index (χ1n) is 4.94. The summed E-state index contributed by atoms with van der Waals surface area (Å²) in [5.41, 5.74) is 6.00. The van der Waals surface area contributed by atoms with E-state index in [1.807, 2.05) is 18.2 Å². The molecule has 2 heterocycles. The first-order valence-corrected chi connectivity index (χ1v) is 4.94. The van der Waals surface area contributed by atoms with E-state index in [1.165, 1.54) is 0 Å². The summed E-state index contributed by atoms with van der Waals surface area (Å²) in [5, 5.41) is 8.24. The molecule has 0 amide bonds. The Morgan fingerprint density at radius 2 is 2.12 bits per heavy atom. The summed E-state index contributed by atoms with van der Waals surface area (Å²) in [6.07, 6.45) is 0. The van der Waals surface area contributed by atoms with Crippen LogP contribution in [0.15, 0.2) is 33.1 Å². The predicted molar refractivity (Wildman–Crippen MR) is 60.5 cm³/mol. The van der Waals surface area contributed by atoms with Gasteiger partial charge in [-0.25, -0.2) is 0 Å². The van der Waals surface area contributed by atoms with E-state index in [2.05, 4.69) is 10.2 Å². The molecule has 0 saturated heterocycles. The van der Waals surface area contributed by atoms with Crippen LogP contribution in [0.4, 0.5) is 6.01 Å². The molecule has 6 heteroatoms. The zero-order valence-corrected chi connectivity index (χ0v) is 9.01. The molecule has 2 aromatic heterocycles. The second-order valence-electron chi connectivity index (χ2n) is 3.43. The van der Waals surface area contributed by atoms with Crippen molar-refractivity contribution in [2.45, 2.75) is 0 Å². The molecule has 6 nitrogen and oxygen atoms in total. The molecule has 0 spiro atoms. The van der Waals surface area contributed by atoms with E-state index in [-0.39, 0.29) is 11.9 Å². The number of methoxy groups -OCH3 is 1. The fraction of sp³-hybridized carbons (Fsp3) is 0.0909. The fourth-order valence-electron chi connectivity index (χ4n) is 1.64. The van der Waals surface area contributed by atoms with Crippen molar-refractivity contribution in [2.75, 3.05) is 12.8 Å². The number of aromatic nitrogens is 2. The number of ether oxygens (including phenoxy) is 1. The number of benzene rings is 1. The Balaban J connectivity index is 2.19. The van der Waals surface area contributed by atoms with Crippen LogP contribution in [0.25, 0.3) is 22.6 Å². The van der Waals surface area contributed by atoms with Crippen molar-refractivity contribution in [3.8, 4) is 17.4 Å². The van der Waals surface area contributed by atoms with Crippen molar-refractivity contribution < 1.29 is 13.6 Å². The number of rotatable bonds is 2. The number of nitrogens with zero attached hydrogens (tertiary/aromatic N) is 2. The fourth-order valence-corrected chi connectivity index (χ4v) is 1.64. The van der Waals surface area contributed by atoms with Crippen molar-refractivity contribution in [1.29, 1.82) is 0 Å². The zero-order valence-electron chi connectivity index (χ0n) is 9.01. The maximum absolute atomic E-state index is 5.61. The van der Waals surface area contributed by atoms with Gasteiger partial charge in [-0.3, -0.25) is 0 Å². The van der Waals surface area contributed by atoms with E-state index >= 15 is 0 Å². The van der Waals surface area contributed by atoms with Crippen molar-refractivity contribution >= 4 is 17.0 Å². The van der Waals surface area contributed by atoms with Crippen LogP contribution < -0.4 is 10.5 Å². The largest absolute Gasteiger partial charge is 0.493 e. The average molecular weight is 231 g/mol. The lowest BCUT2D eigenvalue weighted by Crippen LogP contribution is -1.81. The standard InChI is InChI=1S/C11H9N3O3/c1-15-7-4-2-3-6-5-8(16-9(6)7)10-13-14-11(12)17-10/h2-5H,1H3,(H2,12,14). The molecule has 0 aliphatic heterocycles. The number of furan rings is 1. The van der Waals surface area contributed by atoms with E-state index in [4.69, 9.17) is 19.3 Å². The summed E-state index contributed by atoms with van der Waals surface area (Å²) in [6.45, 7) is 0. The highest BCUT2D eigenvalue weighted by molar-refractivity contribution is 5.86. The van der Waals surface area contributed by atoms with E-state index in [0.717, 1.165) is 5.39 Å². The Kier molecular flexibility index (Phi) is 2.01. The number of nitrogen functional groups attached to an aromatic ring is 1.